The number of ether oxygens (including phenoxy) is 1. The summed E-state index contributed by atoms with van der Waals surface area (Å²) in [5.74, 6) is -0.305. The van der Waals surface area contributed by atoms with Crippen molar-refractivity contribution in [2.45, 2.75) is 52.4 Å². The SMILES string of the molecule is CC.COC(=O)C12CCC(C(N)=O)(CC1)CC2. The summed E-state index contributed by atoms with van der Waals surface area (Å²) in [4.78, 5) is 23.1. The average Bonchev–Trinajstić information content (AvgIpc) is 2.42. The van der Waals surface area contributed by atoms with Crippen LogP contribution in [0, 0.1) is 10.8 Å². The number of rotatable bonds is 2. The molecule has 0 aliphatic heterocycles. The lowest BCUT2D eigenvalue weighted by molar-refractivity contribution is -0.165. The van der Waals surface area contributed by atoms with E-state index >= 15 is 0 Å². The van der Waals surface area contributed by atoms with Gasteiger partial charge in [-0.25, -0.2) is 0 Å². The third-order valence-electron chi connectivity index (χ3n) is 4.39. The maximum absolute atomic E-state index is 11.7. The fourth-order valence-corrected chi connectivity index (χ4v) is 3.08. The number of carbonyl (C=O) groups excluding carboxylic acids is 2. The second-order valence-electron chi connectivity index (χ2n) is 4.92. The fourth-order valence-electron chi connectivity index (χ4n) is 3.08. The Hall–Kier alpha value is -1.06. The van der Waals surface area contributed by atoms with E-state index in [1.54, 1.807) is 0 Å². The van der Waals surface area contributed by atoms with E-state index in [-0.39, 0.29) is 22.7 Å². The van der Waals surface area contributed by atoms with Crippen LogP contribution in [0.4, 0.5) is 0 Å². The third-order valence-corrected chi connectivity index (χ3v) is 4.39. The molecule has 4 heteroatoms. The first kappa shape index (κ1) is 14.0. The molecule has 0 aromatic heterocycles. The Morgan fingerprint density at radius 3 is 1.59 bits per heavy atom. The number of primary amides is 1. The predicted octanol–water partition coefficient (Wildman–Crippen LogP) is 2.01. The van der Waals surface area contributed by atoms with Crippen molar-refractivity contribution in [2.24, 2.45) is 16.6 Å². The van der Waals surface area contributed by atoms with Crippen molar-refractivity contribution in [3.05, 3.63) is 0 Å². The van der Waals surface area contributed by atoms with Crippen molar-refractivity contribution in [3.8, 4) is 0 Å². The molecule has 0 aromatic carbocycles. The van der Waals surface area contributed by atoms with Gasteiger partial charge in [0.05, 0.1) is 12.5 Å². The number of carbonyl (C=O) groups is 2. The van der Waals surface area contributed by atoms with Crippen LogP contribution >= 0.6 is 0 Å². The first-order valence-electron chi connectivity index (χ1n) is 6.43. The molecular formula is C13H23NO3. The molecule has 3 aliphatic carbocycles. The predicted molar refractivity (Wildman–Crippen MR) is 65.1 cm³/mol. The van der Waals surface area contributed by atoms with Crippen molar-refractivity contribution in [1.29, 1.82) is 0 Å². The molecule has 0 saturated heterocycles. The summed E-state index contributed by atoms with van der Waals surface area (Å²) in [5, 5.41) is 0. The van der Waals surface area contributed by atoms with Crippen molar-refractivity contribution in [1.82, 2.24) is 0 Å². The molecule has 98 valence electrons. The minimum atomic E-state index is -0.324. The molecule has 2 bridgehead atoms. The smallest absolute Gasteiger partial charge is 0.311 e. The zero-order chi connectivity index (χ0) is 13.1. The van der Waals surface area contributed by atoms with Gasteiger partial charge in [-0.1, -0.05) is 13.8 Å². The minimum Gasteiger partial charge on any atom is -0.469 e. The highest BCUT2D eigenvalue weighted by molar-refractivity contribution is 5.83. The molecule has 0 atom stereocenters. The van der Waals surface area contributed by atoms with E-state index in [1.807, 2.05) is 13.8 Å². The molecular weight excluding hydrogens is 218 g/mol. The normalized spacial score (nSPS) is 34.5. The fraction of sp³-hybridized carbons (Fsp3) is 0.846. The highest BCUT2D eigenvalue weighted by Gasteiger charge is 2.55. The van der Waals surface area contributed by atoms with Crippen LogP contribution in [0.5, 0.6) is 0 Å². The van der Waals surface area contributed by atoms with E-state index in [2.05, 4.69) is 0 Å². The lowest BCUT2D eigenvalue weighted by atomic mass is 9.53. The molecule has 3 rings (SSSR count). The van der Waals surface area contributed by atoms with Gasteiger partial charge in [0, 0.05) is 5.41 Å². The second-order valence-corrected chi connectivity index (χ2v) is 4.92. The summed E-state index contributed by atoms with van der Waals surface area (Å²) in [6.07, 6.45) is 4.50. The molecule has 1 amide bonds. The monoisotopic (exact) mass is 241 g/mol. The minimum absolute atomic E-state index is 0.111. The quantitative estimate of drug-likeness (QED) is 0.752. The Kier molecular flexibility index (Phi) is 4.17. The van der Waals surface area contributed by atoms with Crippen LogP contribution in [0.1, 0.15) is 52.4 Å². The Labute approximate surface area is 103 Å². The Morgan fingerprint density at radius 1 is 0.941 bits per heavy atom. The number of nitrogens with two attached hydrogens (primary N) is 1. The zero-order valence-corrected chi connectivity index (χ0v) is 11.0. The van der Waals surface area contributed by atoms with Crippen LogP contribution < -0.4 is 5.73 Å². The van der Waals surface area contributed by atoms with Crippen LogP contribution in [0.25, 0.3) is 0 Å². The van der Waals surface area contributed by atoms with Gasteiger partial charge in [0.25, 0.3) is 0 Å². The average molecular weight is 241 g/mol. The Morgan fingerprint density at radius 2 is 1.29 bits per heavy atom. The van der Waals surface area contributed by atoms with Crippen molar-refractivity contribution < 1.29 is 14.3 Å². The van der Waals surface area contributed by atoms with E-state index in [4.69, 9.17) is 10.5 Å². The van der Waals surface area contributed by atoms with Crippen LogP contribution in [-0.4, -0.2) is 19.0 Å². The first-order chi connectivity index (χ1) is 8.05. The summed E-state index contributed by atoms with van der Waals surface area (Å²) in [5.41, 5.74) is 4.80. The van der Waals surface area contributed by atoms with Crippen molar-refractivity contribution in [3.63, 3.8) is 0 Å². The number of hydrogen-bond donors (Lipinski definition) is 1. The summed E-state index contributed by atoms with van der Waals surface area (Å²) in [6.45, 7) is 4.00. The summed E-state index contributed by atoms with van der Waals surface area (Å²) in [7, 11) is 1.43. The molecule has 4 nitrogen and oxygen atoms in total. The summed E-state index contributed by atoms with van der Waals surface area (Å²) < 4.78 is 4.85. The Bertz CT molecular complexity index is 287. The van der Waals surface area contributed by atoms with Crippen molar-refractivity contribution in [2.75, 3.05) is 7.11 Å². The lowest BCUT2D eigenvalue weighted by Gasteiger charge is -2.50. The van der Waals surface area contributed by atoms with Gasteiger partial charge < -0.3 is 10.5 Å². The van der Waals surface area contributed by atoms with Gasteiger partial charge in [0.1, 0.15) is 0 Å². The molecule has 17 heavy (non-hydrogen) atoms. The van der Waals surface area contributed by atoms with Crippen LogP contribution in [0.3, 0.4) is 0 Å². The number of amides is 1. The highest BCUT2D eigenvalue weighted by Crippen LogP contribution is 2.57. The van der Waals surface area contributed by atoms with Crippen molar-refractivity contribution >= 4 is 11.9 Å². The summed E-state index contributed by atoms with van der Waals surface area (Å²) in [6, 6.07) is 0. The molecule has 0 aromatic rings. The molecule has 3 aliphatic rings. The van der Waals surface area contributed by atoms with E-state index in [0.717, 1.165) is 38.5 Å². The third kappa shape index (κ3) is 2.17. The number of methoxy groups -OCH3 is 1. The number of hydrogen-bond acceptors (Lipinski definition) is 3. The van der Waals surface area contributed by atoms with E-state index in [1.165, 1.54) is 7.11 Å². The van der Waals surface area contributed by atoms with Gasteiger partial charge in [0.15, 0.2) is 0 Å². The molecule has 0 spiro atoms. The second kappa shape index (κ2) is 5.07. The van der Waals surface area contributed by atoms with Crippen LogP contribution in [0.15, 0.2) is 0 Å². The van der Waals surface area contributed by atoms with E-state index in [9.17, 15) is 9.59 Å². The maximum atomic E-state index is 11.7. The van der Waals surface area contributed by atoms with Gasteiger partial charge in [-0.15, -0.1) is 0 Å². The molecule has 2 N–H and O–H groups in total. The van der Waals surface area contributed by atoms with E-state index < -0.39 is 0 Å². The Balaban J connectivity index is 0.000000686. The van der Waals surface area contributed by atoms with Crippen LogP contribution in [-0.2, 0) is 14.3 Å². The van der Waals surface area contributed by atoms with Gasteiger partial charge in [0.2, 0.25) is 5.91 Å². The largest absolute Gasteiger partial charge is 0.469 e. The molecule has 0 heterocycles. The molecule has 0 radical (unpaired) electrons. The highest BCUT2D eigenvalue weighted by atomic mass is 16.5. The summed E-state index contributed by atoms with van der Waals surface area (Å²) >= 11 is 0. The van der Waals surface area contributed by atoms with Gasteiger partial charge in [-0.2, -0.15) is 0 Å². The molecule has 3 fully saturated rings. The molecule has 0 unspecified atom stereocenters. The van der Waals surface area contributed by atoms with Gasteiger partial charge >= 0.3 is 5.97 Å². The topological polar surface area (TPSA) is 69.4 Å². The van der Waals surface area contributed by atoms with Gasteiger partial charge in [-0.3, -0.25) is 9.59 Å². The number of fused-ring (bicyclic) bond motifs is 3. The van der Waals surface area contributed by atoms with Crippen LogP contribution in [0.2, 0.25) is 0 Å². The maximum Gasteiger partial charge on any atom is 0.311 e. The van der Waals surface area contributed by atoms with E-state index in [0.29, 0.717) is 0 Å². The standard InChI is InChI=1S/C11H17NO3.C2H6/c1-15-9(14)11-5-2-10(3-6-11,4-7-11)8(12)13;1-2/h2-7H2,1H3,(H2,12,13);1-2H3. The number of esters is 1. The lowest BCUT2D eigenvalue weighted by Crippen LogP contribution is -2.51. The zero-order valence-electron chi connectivity index (χ0n) is 11.0. The first-order valence-corrected chi connectivity index (χ1v) is 6.43. The molecule has 3 saturated carbocycles. The van der Waals surface area contributed by atoms with Gasteiger partial charge in [-0.05, 0) is 38.5 Å².